The van der Waals surface area contributed by atoms with Gasteiger partial charge in [-0.15, -0.1) is 13.2 Å². The predicted octanol–water partition coefficient (Wildman–Crippen LogP) is 4.97. The maximum Gasteiger partial charge on any atom is 0.573 e. The standard InChI is InChI=1S/C24H22BrF3N6O3S/c25-20-14-31-34-22(30-13-16-3-1-9-29-12-16)11-21(32-23(20)34)17-4-2-10-33(15-17)38(35,36)19-7-5-18(6-8-19)37-24(26,27)28/h1,3,5-9,11-12,14,17,30H,2,4,10,13,15H2. The van der Waals surface area contributed by atoms with Crippen molar-refractivity contribution < 1.29 is 26.3 Å². The number of ether oxygens (including phenoxy) is 1. The number of nitrogens with one attached hydrogen (secondary N) is 1. The smallest absolute Gasteiger partial charge is 0.406 e. The van der Waals surface area contributed by atoms with Crippen LogP contribution in [0.4, 0.5) is 19.0 Å². The number of alkyl halides is 3. The lowest BCUT2D eigenvalue weighted by atomic mass is 9.96. The second-order valence-corrected chi connectivity index (χ2v) is 11.5. The van der Waals surface area contributed by atoms with E-state index in [1.807, 2.05) is 18.2 Å². The predicted molar refractivity (Wildman–Crippen MR) is 136 cm³/mol. The highest BCUT2D eigenvalue weighted by Gasteiger charge is 2.33. The molecule has 9 nitrogen and oxygen atoms in total. The molecule has 1 fully saturated rings. The van der Waals surface area contributed by atoms with Crippen LogP contribution in [0, 0.1) is 0 Å². The van der Waals surface area contributed by atoms with E-state index in [1.165, 1.54) is 4.31 Å². The number of sulfonamides is 1. The molecule has 4 heterocycles. The number of nitrogens with zero attached hydrogens (tertiary/aromatic N) is 5. The van der Waals surface area contributed by atoms with E-state index in [9.17, 15) is 21.6 Å². The van der Waals surface area contributed by atoms with Crippen LogP contribution in [-0.2, 0) is 16.6 Å². The maximum atomic E-state index is 13.3. The Morgan fingerprint density at radius 2 is 1.95 bits per heavy atom. The average Bonchev–Trinajstić information content (AvgIpc) is 3.28. The lowest BCUT2D eigenvalue weighted by Gasteiger charge is -2.32. The summed E-state index contributed by atoms with van der Waals surface area (Å²) in [6.45, 7) is 0.980. The molecule has 1 aliphatic heterocycles. The molecule has 1 atom stereocenters. The third-order valence-corrected chi connectivity index (χ3v) is 8.58. The lowest BCUT2D eigenvalue weighted by molar-refractivity contribution is -0.274. The number of anilines is 1. The molecular formula is C24H22BrF3N6O3S. The average molecular weight is 611 g/mol. The highest BCUT2D eigenvalue weighted by Crippen LogP contribution is 2.33. The summed E-state index contributed by atoms with van der Waals surface area (Å²) in [5.74, 6) is 0.0139. The van der Waals surface area contributed by atoms with Gasteiger partial charge in [0.2, 0.25) is 10.0 Å². The van der Waals surface area contributed by atoms with Crippen molar-refractivity contribution in [1.82, 2.24) is 23.9 Å². The molecule has 3 aromatic heterocycles. The quantitative estimate of drug-likeness (QED) is 0.315. The summed E-state index contributed by atoms with van der Waals surface area (Å²) in [5.41, 5.74) is 2.28. The van der Waals surface area contributed by atoms with Gasteiger partial charge < -0.3 is 10.1 Å². The number of hydrogen-bond donors (Lipinski definition) is 1. The van der Waals surface area contributed by atoms with E-state index in [0.717, 1.165) is 36.2 Å². The van der Waals surface area contributed by atoms with E-state index in [0.29, 0.717) is 41.1 Å². The number of rotatable bonds is 7. The second kappa shape index (κ2) is 10.5. The highest BCUT2D eigenvalue weighted by atomic mass is 79.9. The van der Waals surface area contributed by atoms with E-state index in [2.05, 4.69) is 36.1 Å². The minimum absolute atomic E-state index is 0.103. The summed E-state index contributed by atoms with van der Waals surface area (Å²) in [4.78, 5) is 8.79. The molecular weight excluding hydrogens is 589 g/mol. The van der Waals surface area contributed by atoms with Crippen molar-refractivity contribution in [3.8, 4) is 5.75 Å². The van der Waals surface area contributed by atoms with Crippen molar-refractivity contribution in [3.63, 3.8) is 0 Å². The van der Waals surface area contributed by atoms with Gasteiger partial charge in [0.15, 0.2) is 5.65 Å². The molecule has 0 saturated carbocycles. The van der Waals surface area contributed by atoms with Crippen LogP contribution in [0.5, 0.6) is 5.75 Å². The van der Waals surface area contributed by atoms with E-state index >= 15 is 0 Å². The van der Waals surface area contributed by atoms with Gasteiger partial charge in [-0.2, -0.15) is 13.9 Å². The Hall–Kier alpha value is -3.23. The van der Waals surface area contributed by atoms with Gasteiger partial charge >= 0.3 is 6.36 Å². The van der Waals surface area contributed by atoms with E-state index in [-0.39, 0.29) is 17.4 Å². The Kier molecular flexibility index (Phi) is 7.29. The zero-order chi connectivity index (χ0) is 26.9. The fourth-order valence-electron chi connectivity index (χ4n) is 4.35. The van der Waals surface area contributed by atoms with Crippen molar-refractivity contribution in [2.75, 3.05) is 18.4 Å². The van der Waals surface area contributed by atoms with Gasteiger partial charge in [0.25, 0.3) is 0 Å². The number of aromatic nitrogens is 4. The highest BCUT2D eigenvalue weighted by molar-refractivity contribution is 9.10. The third kappa shape index (κ3) is 5.76. The first kappa shape index (κ1) is 26.4. The third-order valence-electron chi connectivity index (χ3n) is 6.14. The topological polar surface area (TPSA) is 102 Å². The Labute approximate surface area is 224 Å². The fraction of sp³-hybridized carbons (Fsp3) is 0.292. The number of hydrogen-bond acceptors (Lipinski definition) is 7. The molecule has 14 heteroatoms. The number of benzene rings is 1. The Morgan fingerprint density at radius 3 is 2.66 bits per heavy atom. The van der Waals surface area contributed by atoms with Crippen LogP contribution in [0.1, 0.15) is 30.0 Å². The van der Waals surface area contributed by atoms with Crippen molar-refractivity contribution in [2.45, 2.75) is 36.6 Å². The first-order valence-corrected chi connectivity index (χ1v) is 13.9. The van der Waals surface area contributed by atoms with E-state index in [1.54, 1.807) is 23.1 Å². The SMILES string of the molecule is O=S(=O)(c1ccc(OC(F)(F)F)cc1)N1CCCC(c2cc(NCc3cccnc3)n3ncc(Br)c3n2)C1. The molecule has 4 aromatic rings. The van der Waals surface area contributed by atoms with Gasteiger partial charge in [0.05, 0.1) is 21.3 Å². The van der Waals surface area contributed by atoms with Gasteiger partial charge in [0, 0.05) is 44.0 Å². The fourth-order valence-corrected chi connectivity index (χ4v) is 6.22. The summed E-state index contributed by atoms with van der Waals surface area (Å²) in [5, 5.41) is 7.74. The summed E-state index contributed by atoms with van der Waals surface area (Å²) in [7, 11) is -3.94. The Balaban J connectivity index is 1.38. The lowest BCUT2D eigenvalue weighted by Crippen LogP contribution is -2.39. The minimum Gasteiger partial charge on any atom is -0.406 e. The summed E-state index contributed by atoms with van der Waals surface area (Å²) >= 11 is 3.48. The number of piperidine rings is 1. The van der Waals surface area contributed by atoms with Crippen LogP contribution < -0.4 is 10.1 Å². The van der Waals surface area contributed by atoms with Crippen molar-refractivity contribution in [3.05, 3.63) is 76.8 Å². The van der Waals surface area contributed by atoms with E-state index < -0.39 is 22.1 Å². The van der Waals surface area contributed by atoms with Crippen LogP contribution in [0.3, 0.4) is 0 Å². The first-order valence-electron chi connectivity index (χ1n) is 11.6. The summed E-state index contributed by atoms with van der Waals surface area (Å²) in [6, 6.07) is 9.89. The normalized spacial score (nSPS) is 17.0. The molecule has 0 spiro atoms. The molecule has 0 radical (unpaired) electrons. The largest absolute Gasteiger partial charge is 0.573 e. The molecule has 1 saturated heterocycles. The van der Waals surface area contributed by atoms with Crippen LogP contribution in [0.2, 0.25) is 0 Å². The van der Waals surface area contributed by atoms with E-state index in [4.69, 9.17) is 4.98 Å². The van der Waals surface area contributed by atoms with Gasteiger partial charge in [-0.05, 0) is 64.7 Å². The molecule has 1 aromatic carbocycles. The van der Waals surface area contributed by atoms with Gasteiger partial charge in [-0.1, -0.05) is 6.07 Å². The molecule has 200 valence electrons. The van der Waals surface area contributed by atoms with Crippen molar-refractivity contribution >= 4 is 37.4 Å². The summed E-state index contributed by atoms with van der Waals surface area (Å²) < 4.78 is 71.6. The monoisotopic (exact) mass is 610 g/mol. The number of pyridine rings is 1. The Bertz CT molecular complexity index is 1530. The molecule has 1 aliphatic rings. The van der Waals surface area contributed by atoms with Crippen LogP contribution in [0.15, 0.2) is 70.4 Å². The second-order valence-electron chi connectivity index (χ2n) is 8.73. The minimum atomic E-state index is -4.86. The zero-order valence-electron chi connectivity index (χ0n) is 19.8. The first-order chi connectivity index (χ1) is 18.1. The van der Waals surface area contributed by atoms with Crippen LogP contribution in [0.25, 0.3) is 5.65 Å². The Morgan fingerprint density at radius 1 is 1.16 bits per heavy atom. The van der Waals surface area contributed by atoms with Gasteiger partial charge in [-0.25, -0.2) is 13.4 Å². The van der Waals surface area contributed by atoms with Gasteiger partial charge in [-0.3, -0.25) is 4.98 Å². The van der Waals surface area contributed by atoms with Crippen LogP contribution in [-0.4, -0.2) is 51.8 Å². The molecule has 1 unspecified atom stereocenters. The maximum absolute atomic E-state index is 13.3. The number of fused-ring (bicyclic) bond motifs is 1. The molecule has 38 heavy (non-hydrogen) atoms. The zero-order valence-corrected chi connectivity index (χ0v) is 22.2. The van der Waals surface area contributed by atoms with Crippen molar-refractivity contribution in [1.29, 1.82) is 0 Å². The molecule has 0 amide bonds. The van der Waals surface area contributed by atoms with Gasteiger partial charge in [0.1, 0.15) is 11.6 Å². The molecule has 1 N–H and O–H groups in total. The molecule has 0 bridgehead atoms. The van der Waals surface area contributed by atoms with Crippen molar-refractivity contribution in [2.24, 2.45) is 0 Å². The molecule has 5 rings (SSSR count). The van der Waals surface area contributed by atoms with Crippen LogP contribution >= 0.6 is 15.9 Å². The molecule has 0 aliphatic carbocycles. The summed E-state index contributed by atoms with van der Waals surface area (Å²) in [6.07, 6.45) is 1.57. The number of halogens is 4.